The number of rotatable bonds is 8. The van der Waals surface area contributed by atoms with Crippen LogP contribution in [0.15, 0.2) is 28.8 Å². The fraction of sp³-hybridized carbons (Fsp3) is 0.529. The van der Waals surface area contributed by atoms with Gasteiger partial charge in [-0.05, 0) is 39.8 Å². The zero-order chi connectivity index (χ0) is 17.6. The van der Waals surface area contributed by atoms with Crippen molar-refractivity contribution in [1.29, 1.82) is 0 Å². The van der Waals surface area contributed by atoms with Crippen molar-refractivity contribution in [3.8, 4) is 11.5 Å². The lowest BCUT2D eigenvalue weighted by Gasteiger charge is -2.23. The Morgan fingerprint density at radius 1 is 1.21 bits per heavy atom. The molecule has 1 aromatic heterocycles. The molecule has 0 amide bonds. The smallest absolute Gasteiger partial charge is 0.264 e. The summed E-state index contributed by atoms with van der Waals surface area (Å²) < 4.78 is 16.4. The van der Waals surface area contributed by atoms with Crippen LogP contribution in [0, 0.1) is 6.92 Å². The van der Waals surface area contributed by atoms with Crippen molar-refractivity contribution >= 4 is 0 Å². The van der Waals surface area contributed by atoms with Gasteiger partial charge in [-0.15, -0.1) is 0 Å². The van der Waals surface area contributed by atoms with Crippen molar-refractivity contribution in [3.63, 3.8) is 0 Å². The van der Waals surface area contributed by atoms with E-state index in [2.05, 4.69) is 15.5 Å². The van der Waals surface area contributed by atoms with Crippen LogP contribution in [0.4, 0.5) is 0 Å². The van der Waals surface area contributed by atoms with Crippen molar-refractivity contribution in [2.45, 2.75) is 45.9 Å². The van der Waals surface area contributed by atoms with E-state index in [1.165, 1.54) is 0 Å². The van der Waals surface area contributed by atoms with Gasteiger partial charge in [0.2, 0.25) is 0 Å². The van der Waals surface area contributed by atoms with Gasteiger partial charge in [0.25, 0.3) is 5.89 Å². The molecule has 0 radical (unpaired) electrons. The maximum atomic E-state index is 10.0. The van der Waals surface area contributed by atoms with Gasteiger partial charge in [0.15, 0.2) is 23.9 Å². The lowest BCUT2D eigenvalue weighted by atomic mass is 10.1. The second-order valence-electron chi connectivity index (χ2n) is 6.57. The molecule has 0 saturated carbocycles. The van der Waals surface area contributed by atoms with E-state index in [1.54, 1.807) is 19.1 Å². The molecule has 2 N–H and O–H groups in total. The second-order valence-corrected chi connectivity index (χ2v) is 6.57. The molecule has 0 aliphatic heterocycles. The molecule has 132 valence electrons. The second kappa shape index (κ2) is 8.12. The monoisotopic (exact) mass is 335 g/mol. The molecular weight excluding hydrogens is 310 g/mol. The number of ether oxygens (including phenoxy) is 2. The number of aromatic nitrogens is 2. The van der Waals surface area contributed by atoms with Crippen LogP contribution in [0.5, 0.6) is 11.5 Å². The average Bonchev–Trinajstić information content (AvgIpc) is 2.94. The first-order valence-corrected chi connectivity index (χ1v) is 7.90. The molecule has 0 saturated heterocycles. The summed E-state index contributed by atoms with van der Waals surface area (Å²) in [6.07, 6.45) is -0.615. The number of benzene rings is 1. The quantitative estimate of drug-likeness (QED) is 0.763. The Morgan fingerprint density at radius 2 is 1.88 bits per heavy atom. The Kier molecular flexibility index (Phi) is 6.16. The molecule has 1 atom stereocenters. The summed E-state index contributed by atoms with van der Waals surface area (Å²) in [7, 11) is 0. The van der Waals surface area contributed by atoms with Crippen molar-refractivity contribution in [1.82, 2.24) is 15.5 Å². The summed E-state index contributed by atoms with van der Waals surface area (Å²) in [4.78, 5) is 4.09. The molecular formula is C17H25N3O4. The summed E-state index contributed by atoms with van der Waals surface area (Å²) in [5.74, 6) is 2.08. The van der Waals surface area contributed by atoms with E-state index in [0.717, 1.165) is 0 Å². The van der Waals surface area contributed by atoms with E-state index in [1.807, 2.05) is 32.9 Å². The van der Waals surface area contributed by atoms with Gasteiger partial charge >= 0.3 is 0 Å². The molecule has 1 aromatic carbocycles. The van der Waals surface area contributed by atoms with E-state index >= 15 is 0 Å². The third-order valence-corrected chi connectivity index (χ3v) is 3.07. The first kappa shape index (κ1) is 18.2. The Morgan fingerprint density at radius 3 is 2.46 bits per heavy atom. The third-order valence-electron chi connectivity index (χ3n) is 3.07. The topological polar surface area (TPSA) is 89.6 Å². The van der Waals surface area contributed by atoms with Crippen molar-refractivity contribution < 1.29 is 19.1 Å². The standard InChI is InChI=1S/C17H25N3O4/c1-12-19-16(24-20-12)11-23-15-8-6-5-7-14(15)22-10-13(21)9-18-17(2,3)4/h5-8,13,18,21H,9-11H2,1-4H3/t13-/m0/s1. The molecule has 24 heavy (non-hydrogen) atoms. The lowest BCUT2D eigenvalue weighted by molar-refractivity contribution is 0.0973. The molecule has 7 heteroatoms. The van der Waals surface area contributed by atoms with Gasteiger partial charge in [0, 0.05) is 12.1 Å². The molecule has 0 unspecified atom stereocenters. The number of nitrogens with zero attached hydrogens (tertiary/aromatic N) is 2. The van der Waals surface area contributed by atoms with Crippen LogP contribution in [-0.2, 0) is 6.61 Å². The minimum atomic E-state index is -0.615. The molecule has 2 rings (SSSR count). The number of nitrogens with one attached hydrogen (secondary N) is 1. The molecule has 0 fully saturated rings. The highest BCUT2D eigenvalue weighted by Gasteiger charge is 2.14. The van der Waals surface area contributed by atoms with Gasteiger partial charge in [-0.3, -0.25) is 0 Å². The van der Waals surface area contributed by atoms with Gasteiger partial charge in [-0.1, -0.05) is 17.3 Å². The van der Waals surface area contributed by atoms with E-state index in [0.29, 0.717) is 29.8 Å². The van der Waals surface area contributed by atoms with E-state index in [4.69, 9.17) is 14.0 Å². The summed E-state index contributed by atoms with van der Waals surface area (Å²) in [6, 6.07) is 7.27. The zero-order valence-corrected chi connectivity index (χ0v) is 14.6. The van der Waals surface area contributed by atoms with Gasteiger partial charge in [-0.2, -0.15) is 4.98 Å². The summed E-state index contributed by atoms with van der Waals surface area (Å²) in [5.41, 5.74) is -0.0514. The Labute approximate surface area is 142 Å². The number of β-amino-alcohol motifs (C(OH)–C–C–N with tert-alkyl or cyclic N) is 1. The molecule has 1 heterocycles. The van der Waals surface area contributed by atoms with Gasteiger partial charge in [0.1, 0.15) is 12.7 Å². The average molecular weight is 335 g/mol. The van der Waals surface area contributed by atoms with Crippen molar-refractivity contribution in [2.24, 2.45) is 0 Å². The third kappa shape index (κ3) is 6.17. The highest BCUT2D eigenvalue weighted by molar-refractivity contribution is 5.39. The molecule has 0 aliphatic rings. The van der Waals surface area contributed by atoms with Crippen LogP contribution >= 0.6 is 0 Å². The predicted molar refractivity (Wildman–Crippen MR) is 89.1 cm³/mol. The minimum absolute atomic E-state index is 0.0514. The fourth-order valence-corrected chi connectivity index (χ4v) is 1.90. The number of aliphatic hydroxyl groups is 1. The summed E-state index contributed by atoms with van der Waals surface area (Å²) >= 11 is 0. The first-order valence-electron chi connectivity index (χ1n) is 7.90. The SMILES string of the molecule is Cc1noc(COc2ccccc2OC[C@@H](O)CNC(C)(C)C)n1. The van der Waals surface area contributed by atoms with Crippen molar-refractivity contribution in [3.05, 3.63) is 36.0 Å². The lowest BCUT2D eigenvalue weighted by Crippen LogP contribution is -2.42. The number of hydrogen-bond acceptors (Lipinski definition) is 7. The molecule has 7 nitrogen and oxygen atoms in total. The van der Waals surface area contributed by atoms with Gasteiger partial charge in [0.05, 0.1) is 0 Å². The van der Waals surface area contributed by atoms with Crippen molar-refractivity contribution in [2.75, 3.05) is 13.2 Å². The number of aliphatic hydroxyl groups excluding tert-OH is 1. The molecule has 0 aliphatic carbocycles. The zero-order valence-electron chi connectivity index (χ0n) is 14.6. The van der Waals surface area contributed by atoms with E-state index in [9.17, 15) is 5.11 Å². The Balaban J connectivity index is 1.86. The maximum Gasteiger partial charge on any atom is 0.264 e. The minimum Gasteiger partial charge on any atom is -0.487 e. The Hall–Kier alpha value is -2.12. The maximum absolute atomic E-state index is 10.0. The molecule has 0 spiro atoms. The van der Waals surface area contributed by atoms with Crippen LogP contribution < -0.4 is 14.8 Å². The van der Waals surface area contributed by atoms with Crippen LogP contribution in [0.25, 0.3) is 0 Å². The largest absolute Gasteiger partial charge is 0.487 e. The normalized spacial score (nSPS) is 12.9. The van der Waals surface area contributed by atoms with E-state index < -0.39 is 6.10 Å². The number of para-hydroxylation sites is 2. The van der Waals surface area contributed by atoms with Gasteiger partial charge < -0.3 is 24.4 Å². The molecule has 0 bridgehead atoms. The Bertz CT molecular complexity index is 637. The first-order chi connectivity index (χ1) is 11.3. The fourth-order valence-electron chi connectivity index (χ4n) is 1.90. The van der Waals surface area contributed by atoms with Crippen LogP contribution in [0.1, 0.15) is 32.5 Å². The molecule has 2 aromatic rings. The van der Waals surface area contributed by atoms with Crippen LogP contribution in [0.2, 0.25) is 0 Å². The summed E-state index contributed by atoms with van der Waals surface area (Å²) in [5, 5.41) is 17.0. The van der Waals surface area contributed by atoms with Gasteiger partial charge in [-0.25, -0.2) is 0 Å². The number of hydrogen-bond donors (Lipinski definition) is 2. The van der Waals surface area contributed by atoms with Crippen LogP contribution in [-0.4, -0.2) is 40.0 Å². The van der Waals surface area contributed by atoms with E-state index in [-0.39, 0.29) is 18.8 Å². The highest BCUT2D eigenvalue weighted by Crippen LogP contribution is 2.27. The summed E-state index contributed by atoms with van der Waals surface area (Å²) in [6.45, 7) is 8.66. The number of aryl methyl sites for hydroxylation is 1. The highest BCUT2D eigenvalue weighted by atomic mass is 16.5. The van der Waals surface area contributed by atoms with Crippen LogP contribution in [0.3, 0.4) is 0 Å². The predicted octanol–water partition coefficient (Wildman–Crippen LogP) is 2.08.